The number of hydrogen-bond donors (Lipinski definition) is 0. The first kappa shape index (κ1) is 13.3. The monoisotopic (exact) mass is 310 g/mol. The lowest BCUT2D eigenvalue weighted by atomic mass is 10.1. The van der Waals surface area contributed by atoms with Gasteiger partial charge in [0, 0.05) is 16.3 Å². The predicted octanol–water partition coefficient (Wildman–Crippen LogP) is 5.14. The molecule has 0 aliphatic heterocycles. The van der Waals surface area contributed by atoms with Gasteiger partial charge in [-0.3, -0.25) is 0 Å². The highest BCUT2D eigenvalue weighted by Gasteiger charge is 2.18. The Balaban J connectivity index is 2.06. The fourth-order valence-electron chi connectivity index (χ4n) is 2.75. The van der Waals surface area contributed by atoms with Crippen molar-refractivity contribution < 1.29 is 8.94 Å². The second-order valence-electron chi connectivity index (χ2n) is 5.34. The third-order valence-corrected chi connectivity index (χ3v) is 4.39. The van der Waals surface area contributed by atoms with E-state index in [9.17, 15) is 0 Å². The van der Waals surface area contributed by atoms with E-state index in [2.05, 4.69) is 16.6 Å². The summed E-state index contributed by atoms with van der Waals surface area (Å²) >= 11 is 1.65. The van der Waals surface area contributed by atoms with Crippen molar-refractivity contribution in [2.24, 2.45) is 0 Å². The highest BCUT2D eigenvalue weighted by Crippen LogP contribution is 2.35. The molecular formula is C17H14N2O2S. The molecule has 0 bridgehead atoms. The van der Waals surface area contributed by atoms with E-state index in [-0.39, 0.29) is 0 Å². The van der Waals surface area contributed by atoms with Gasteiger partial charge in [0.25, 0.3) is 0 Å². The average Bonchev–Trinajstić information content (AvgIpc) is 3.18. The summed E-state index contributed by atoms with van der Waals surface area (Å²) in [7, 11) is 0. The van der Waals surface area contributed by atoms with Crippen LogP contribution in [0.2, 0.25) is 0 Å². The molecule has 4 rings (SSSR count). The molecule has 0 radical (unpaired) electrons. The number of hydrogen-bond acceptors (Lipinski definition) is 5. The quantitative estimate of drug-likeness (QED) is 0.514. The molecule has 0 atom stereocenters. The van der Waals surface area contributed by atoms with Gasteiger partial charge in [0.2, 0.25) is 0 Å². The Hall–Kier alpha value is -2.40. The van der Waals surface area contributed by atoms with Crippen LogP contribution in [0.1, 0.15) is 17.2 Å². The second kappa shape index (κ2) is 4.81. The Morgan fingerprint density at radius 2 is 2.00 bits per heavy atom. The number of rotatable bonds is 2. The molecule has 4 heterocycles. The zero-order chi connectivity index (χ0) is 15.3. The molecule has 0 N–H and O–H groups in total. The summed E-state index contributed by atoms with van der Waals surface area (Å²) in [6.45, 7) is 5.79. The zero-order valence-electron chi connectivity index (χ0n) is 12.5. The van der Waals surface area contributed by atoms with E-state index >= 15 is 0 Å². The van der Waals surface area contributed by atoms with Crippen LogP contribution in [-0.2, 0) is 0 Å². The molecule has 4 aromatic heterocycles. The van der Waals surface area contributed by atoms with Crippen LogP contribution in [0, 0.1) is 20.8 Å². The van der Waals surface area contributed by atoms with Crippen molar-refractivity contribution in [1.29, 1.82) is 0 Å². The second-order valence-corrected chi connectivity index (χ2v) is 6.12. The average molecular weight is 310 g/mol. The van der Waals surface area contributed by atoms with E-state index in [1.54, 1.807) is 11.3 Å². The summed E-state index contributed by atoms with van der Waals surface area (Å²) < 4.78 is 11.1. The summed E-state index contributed by atoms with van der Waals surface area (Å²) in [6, 6.07) is 6.13. The molecular weight excluding hydrogens is 296 g/mol. The molecule has 0 unspecified atom stereocenters. The zero-order valence-corrected chi connectivity index (χ0v) is 13.3. The molecule has 4 aromatic rings. The molecule has 0 aromatic carbocycles. The van der Waals surface area contributed by atoms with E-state index in [1.807, 2.05) is 38.3 Å². The van der Waals surface area contributed by atoms with Crippen LogP contribution in [0.4, 0.5) is 0 Å². The molecule has 0 aliphatic carbocycles. The fourth-order valence-corrected chi connectivity index (χ4v) is 3.39. The van der Waals surface area contributed by atoms with Gasteiger partial charge in [-0.2, -0.15) is 11.3 Å². The molecule has 110 valence electrons. The summed E-state index contributed by atoms with van der Waals surface area (Å²) in [5, 5.41) is 9.20. The van der Waals surface area contributed by atoms with Gasteiger partial charge < -0.3 is 8.94 Å². The van der Waals surface area contributed by atoms with Gasteiger partial charge in [-0.15, -0.1) is 0 Å². The molecule has 5 heteroatoms. The first-order valence-electron chi connectivity index (χ1n) is 7.00. The summed E-state index contributed by atoms with van der Waals surface area (Å²) in [4.78, 5) is 4.83. The number of pyridine rings is 1. The van der Waals surface area contributed by atoms with Crippen molar-refractivity contribution in [2.45, 2.75) is 20.8 Å². The first-order valence-corrected chi connectivity index (χ1v) is 7.95. The van der Waals surface area contributed by atoms with Crippen molar-refractivity contribution in [3.63, 3.8) is 0 Å². The van der Waals surface area contributed by atoms with Crippen LogP contribution in [0.25, 0.3) is 33.5 Å². The van der Waals surface area contributed by atoms with Crippen LogP contribution in [0.3, 0.4) is 0 Å². The smallest absolute Gasteiger partial charge is 0.160 e. The van der Waals surface area contributed by atoms with Gasteiger partial charge in [-0.05, 0) is 44.4 Å². The van der Waals surface area contributed by atoms with Crippen LogP contribution in [0.5, 0.6) is 0 Å². The summed E-state index contributed by atoms with van der Waals surface area (Å²) in [5.41, 5.74) is 5.43. The normalized spacial score (nSPS) is 11.4. The molecule has 22 heavy (non-hydrogen) atoms. The van der Waals surface area contributed by atoms with Crippen LogP contribution >= 0.6 is 11.3 Å². The maximum absolute atomic E-state index is 5.86. The van der Waals surface area contributed by atoms with E-state index < -0.39 is 0 Å². The lowest BCUT2D eigenvalue weighted by Gasteiger charge is -2.04. The predicted molar refractivity (Wildman–Crippen MR) is 87.0 cm³/mol. The Morgan fingerprint density at radius 3 is 2.68 bits per heavy atom. The lowest BCUT2D eigenvalue weighted by molar-refractivity contribution is 0.393. The molecule has 0 saturated carbocycles. The Kier molecular flexibility index (Phi) is 2.90. The highest BCUT2D eigenvalue weighted by atomic mass is 32.1. The molecule has 4 nitrogen and oxygen atoms in total. The van der Waals surface area contributed by atoms with Crippen molar-refractivity contribution in [3.05, 3.63) is 46.2 Å². The van der Waals surface area contributed by atoms with E-state index in [0.29, 0.717) is 0 Å². The minimum absolute atomic E-state index is 0.779. The summed E-state index contributed by atoms with van der Waals surface area (Å²) in [6.07, 6.45) is 0. The lowest BCUT2D eigenvalue weighted by Crippen LogP contribution is -1.90. The highest BCUT2D eigenvalue weighted by molar-refractivity contribution is 7.08. The fraction of sp³-hybridized carbons (Fsp3) is 0.176. The molecule has 0 saturated heterocycles. The summed E-state index contributed by atoms with van der Waals surface area (Å²) in [5.74, 6) is 1.66. The maximum atomic E-state index is 5.86. The van der Waals surface area contributed by atoms with Crippen LogP contribution in [0.15, 0.2) is 37.9 Å². The number of nitrogens with zero attached hydrogens (tertiary/aromatic N) is 2. The Bertz CT molecular complexity index is 945. The van der Waals surface area contributed by atoms with Gasteiger partial charge in [0.1, 0.15) is 17.2 Å². The Morgan fingerprint density at radius 1 is 1.14 bits per heavy atom. The standard InChI is InChI=1S/C17H14N2O2S/c1-9-6-13-7-14(15-10(2)19-21-11(15)3)18-16(17(13)20-9)12-4-5-22-8-12/h4-8H,1-3H3. The topological polar surface area (TPSA) is 52.1 Å². The third-order valence-electron chi connectivity index (χ3n) is 3.71. The minimum atomic E-state index is 0.779. The number of furan rings is 1. The van der Waals surface area contributed by atoms with Crippen LogP contribution in [-0.4, -0.2) is 10.1 Å². The van der Waals surface area contributed by atoms with E-state index in [1.165, 1.54) is 0 Å². The van der Waals surface area contributed by atoms with E-state index in [0.717, 1.165) is 50.7 Å². The van der Waals surface area contributed by atoms with Crippen LogP contribution < -0.4 is 0 Å². The first-order chi connectivity index (χ1) is 10.6. The van der Waals surface area contributed by atoms with Gasteiger partial charge in [0.15, 0.2) is 5.58 Å². The third kappa shape index (κ3) is 1.97. The van der Waals surface area contributed by atoms with Crippen molar-refractivity contribution in [2.75, 3.05) is 0 Å². The Labute approximate surface area is 131 Å². The molecule has 0 aliphatic rings. The van der Waals surface area contributed by atoms with E-state index in [4.69, 9.17) is 13.9 Å². The SMILES string of the molecule is Cc1cc2cc(-c3c(C)noc3C)nc(-c3ccsc3)c2o1. The van der Waals surface area contributed by atoms with Gasteiger partial charge in [0.05, 0.1) is 17.0 Å². The molecule has 0 spiro atoms. The number of aryl methyl sites for hydroxylation is 3. The van der Waals surface area contributed by atoms with Crippen molar-refractivity contribution in [1.82, 2.24) is 10.1 Å². The largest absolute Gasteiger partial charge is 0.459 e. The minimum Gasteiger partial charge on any atom is -0.459 e. The number of thiophene rings is 1. The van der Waals surface area contributed by atoms with Crippen molar-refractivity contribution in [3.8, 4) is 22.5 Å². The molecule has 0 amide bonds. The number of fused-ring (bicyclic) bond motifs is 1. The molecule has 0 fully saturated rings. The van der Waals surface area contributed by atoms with Gasteiger partial charge in [-0.1, -0.05) is 5.16 Å². The van der Waals surface area contributed by atoms with Gasteiger partial charge in [-0.25, -0.2) is 4.98 Å². The van der Waals surface area contributed by atoms with Crippen molar-refractivity contribution >= 4 is 22.3 Å². The maximum Gasteiger partial charge on any atom is 0.160 e. The van der Waals surface area contributed by atoms with Gasteiger partial charge >= 0.3 is 0 Å². The number of aromatic nitrogens is 2.